The van der Waals surface area contributed by atoms with E-state index in [2.05, 4.69) is 32.9 Å². The molecule has 0 aromatic heterocycles. The third-order valence-corrected chi connectivity index (χ3v) is 4.48. The van der Waals surface area contributed by atoms with Crippen LogP contribution in [0.25, 0.3) is 0 Å². The van der Waals surface area contributed by atoms with Gasteiger partial charge in [0.05, 0.1) is 12.7 Å². The molecule has 0 radical (unpaired) electrons. The second kappa shape index (κ2) is 4.58. The van der Waals surface area contributed by atoms with Crippen LogP contribution in [-0.2, 0) is 5.60 Å². The zero-order valence-corrected chi connectivity index (χ0v) is 12.1. The van der Waals surface area contributed by atoms with Gasteiger partial charge in [0.25, 0.3) is 0 Å². The van der Waals surface area contributed by atoms with Gasteiger partial charge in [0, 0.05) is 0 Å². The van der Waals surface area contributed by atoms with Crippen LogP contribution in [0.2, 0.25) is 0 Å². The van der Waals surface area contributed by atoms with Crippen molar-refractivity contribution in [2.24, 2.45) is 5.92 Å². The van der Waals surface area contributed by atoms with Gasteiger partial charge in [0.2, 0.25) is 0 Å². The average Bonchev–Trinajstić information content (AvgIpc) is 2.33. The lowest BCUT2D eigenvalue weighted by atomic mass is 9.69. The molecule has 0 amide bonds. The molecule has 0 bridgehead atoms. The predicted octanol–water partition coefficient (Wildman–Crippen LogP) is 3.74. The van der Waals surface area contributed by atoms with E-state index in [1.165, 1.54) is 5.56 Å². The molecule has 0 saturated heterocycles. The summed E-state index contributed by atoms with van der Waals surface area (Å²) in [5.74, 6) is 1.65. The number of rotatable bonds is 2. The number of ether oxygens (including phenoxy) is 1. The van der Waals surface area contributed by atoms with Crippen LogP contribution >= 0.6 is 0 Å². The second-order valence-electron chi connectivity index (χ2n) is 5.93. The van der Waals surface area contributed by atoms with Gasteiger partial charge in [0.1, 0.15) is 5.75 Å². The van der Waals surface area contributed by atoms with Gasteiger partial charge in [-0.1, -0.05) is 20.8 Å². The fourth-order valence-electron chi connectivity index (χ4n) is 3.03. The maximum absolute atomic E-state index is 11.0. The van der Waals surface area contributed by atoms with E-state index in [9.17, 15) is 5.11 Å². The van der Waals surface area contributed by atoms with Crippen LogP contribution in [0.15, 0.2) is 12.1 Å². The van der Waals surface area contributed by atoms with Gasteiger partial charge < -0.3 is 9.84 Å². The molecule has 0 fully saturated rings. The Hall–Kier alpha value is -1.02. The van der Waals surface area contributed by atoms with Crippen LogP contribution in [-0.4, -0.2) is 12.2 Å². The van der Waals surface area contributed by atoms with Crippen molar-refractivity contribution in [2.45, 2.75) is 52.1 Å². The largest absolute Gasteiger partial charge is 0.496 e. The highest BCUT2D eigenvalue weighted by Gasteiger charge is 2.39. The van der Waals surface area contributed by atoms with Crippen molar-refractivity contribution < 1.29 is 9.84 Å². The average molecular weight is 248 g/mol. The SMILES string of the molecule is COc1cc2c(cc1C)[C@](O)(C(C)C)CC[C@@H]2C. The molecule has 100 valence electrons. The van der Waals surface area contributed by atoms with Crippen molar-refractivity contribution in [3.63, 3.8) is 0 Å². The highest BCUT2D eigenvalue weighted by atomic mass is 16.5. The van der Waals surface area contributed by atoms with Gasteiger partial charge in [-0.2, -0.15) is 0 Å². The smallest absolute Gasteiger partial charge is 0.122 e. The summed E-state index contributed by atoms with van der Waals surface area (Å²) in [6, 6.07) is 4.23. The molecule has 2 atom stereocenters. The van der Waals surface area contributed by atoms with Gasteiger partial charge in [0.15, 0.2) is 0 Å². The Morgan fingerprint density at radius 2 is 2.06 bits per heavy atom. The van der Waals surface area contributed by atoms with Crippen LogP contribution in [0, 0.1) is 12.8 Å². The molecule has 2 nitrogen and oxygen atoms in total. The molecule has 2 heteroatoms. The number of aliphatic hydroxyl groups is 1. The van der Waals surface area contributed by atoms with Crippen LogP contribution in [0.1, 0.15) is 56.2 Å². The van der Waals surface area contributed by atoms with E-state index in [1.807, 2.05) is 6.92 Å². The predicted molar refractivity (Wildman–Crippen MR) is 74.1 cm³/mol. The summed E-state index contributed by atoms with van der Waals surface area (Å²) in [5, 5.41) is 11.0. The molecule has 1 aliphatic rings. The van der Waals surface area contributed by atoms with E-state index in [0.717, 1.165) is 29.7 Å². The number of aryl methyl sites for hydroxylation is 1. The summed E-state index contributed by atoms with van der Waals surface area (Å²) in [6.45, 7) is 8.46. The lowest BCUT2D eigenvalue weighted by Gasteiger charge is -2.40. The van der Waals surface area contributed by atoms with Crippen molar-refractivity contribution in [2.75, 3.05) is 7.11 Å². The number of hydrogen-bond donors (Lipinski definition) is 1. The van der Waals surface area contributed by atoms with E-state index in [-0.39, 0.29) is 5.92 Å². The van der Waals surface area contributed by atoms with E-state index >= 15 is 0 Å². The molecule has 0 saturated carbocycles. The maximum atomic E-state index is 11.0. The molecular formula is C16H24O2. The van der Waals surface area contributed by atoms with Crippen molar-refractivity contribution >= 4 is 0 Å². The van der Waals surface area contributed by atoms with E-state index in [0.29, 0.717) is 5.92 Å². The second-order valence-corrected chi connectivity index (χ2v) is 5.93. The first-order chi connectivity index (χ1) is 8.40. The highest BCUT2D eigenvalue weighted by molar-refractivity contribution is 5.47. The molecule has 1 aliphatic carbocycles. The topological polar surface area (TPSA) is 29.5 Å². The number of methoxy groups -OCH3 is 1. The van der Waals surface area contributed by atoms with Crippen LogP contribution in [0.3, 0.4) is 0 Å². The summed E-state index contributed by atoms with van der Waals surface area (Å²) >= 11 is 0. The van der Waals surface area contributed by atoms with E-state index < -0.39 is 5.60 Å². The number of hydrogen-bond acceptors (Lipinski definition) is 2. The minimum Gasteiger partial charge on any atom is -0.496 e. The first-order valence-electron chi connectivity index (χ1n) is 6.81. The number of fused-ring (bicyclic) bond motifs is 1. The summed E-state index contributed by atoms with van der Waals surface area (Å²) in [6.07, 6.45) is 1.89. The lowest BCUT2D eigenvalue weighted by molar-refractivity contribution is -0.0287. The minimum atomic E-state index is -0.682. The molecule has 1 aromatic carbocycles. The normalized spacial score (nSPS) is 27.2. The summed E-state index contributed by atoms with van der Waals surface area (Å²) in [5.41, 5.74) is 2.78. The lowest BCUT2D eigenvalue weighted by Crippen LogP contribution is -2.36. The van der Waals surface area contributed by atoms with Gasteiger partial charge >= 0.3 is 0 Å². The molecule has 0 spiro atoms. The molecule has 1 aromatic rings. The zero-order chi connectivity index (χ0) is 13.5. The van der Waals surface area contributed by atoms with Gasteiger partial charge in [-0.15, -0.1) is 0 Å². The minimum absolute atomic E-state index is 0.233. The Bertz CT molecular complexity index is 451. The monoisotopic (exact) mass is 248 g/mol. The fourth-order valence-corrected chi connectivity index (χ4v) is 3.03. The van der Waals surface area contributed by atoms with Crippen molar-refractivity contribution in [1.29, 1.82) is 0 Å². The Morgan fingerprint density at radius 3 is 2.61 bits per heavy atom. The van der Waals surface area contributed by atoms with Gasteiger partial charge in [-0.05, 0) is 60.4 Å². The Morgan fingerprint density at radius 1 is 1.39 bits per heavy atom. The summed E-state index contributed by atoms with van der Waals surface area (Å²) in [4.78, 5) is 0. The Balaban J connectivity index is 2.62. The van der Waals surface area contributed by atoms with E-state index in [4.69, 9.17) is 4.74 Å². The number of benzene rings is 1. The van der Waals surface area contributed by atoms with Crippen molar-refractivity contribution in [3.05, 3.63) is 28.8 Å². The standard InChI is InChI=1S/C16H24O2/c1-10(2)16(17)7-6-11(3)13-9-15(18-5)12(4)8-14(13)16/h8-11,17H,6-7H2,1-5H3/t11-,16+/m0/s1. The molecule has 0 heterocycles. The Kier molecular flexibility index (Phi) is 3.41. The molecule has 1 N–H and O–H groups in total. The first-order valence-corrected chi connectivity index (χ1v) is 6.81. The van der Waals surface area contributed by atoms with E-state index in [1.54, 1.807) is 7.11 Å². The van der Waals surface area contributed by atoms with Crippen LogP contribution in [0.5, 0.6) is 5.75 Å². The van der Waals surface area contributed by atoms with Crippen molar-refractivity contribution in [1.82, 2.24) is 0 Å². The molecule has 2 rings (SSSR count). The summed E-state index contributed by atoms with van der Waals surface area (Å²) < 4.78 is 5.41. The maximum Gasteiger partial charge on any atom is 0.122 e. The van der Waals surface area contributed by atoms with Crippen molar-refractivity contribution in [3.8, 4) is 5.75 Å². The Labute approximate surface area is 110 Å². The zero-order valence-electron chi connectivity index (χ0n) is 12.1. The molecule has 18 heavy (non-hydrogen) atoms. The van der Waals surface area contributed by atoms with Gasteiger partial charge in [-0.25, -0.2) is 0 Å². The van der Waals surface area contributed by atoms with Crippen LogP contribution < -0.4 is 4.74 Å². The third-order valence-electron chi connectivity index (χ3n) is 4.48. The molecule has 0 aliphatic heterocycles. The highest BCUT2D eigenvalue weighted by Crippen LogP contribution is 2.46. The quantitative estimate of drug-likeness (QED) is 0.864. The van der Waals surface area contributed by atoms with Crippen LogP contribution in [0.4, 0.5) is 0 Å². The third kappa shape index (κ3) is 1.93. The summed E-state index contributed by atoms with van der Waals surface area (Å²) in [7, 11) is 1.71. The molecule has 0 unspecified atom stereocenters. The fraction of sp³-hybridized carbons (Fsp3) is 0.625. The molecular weight excluding hydrogens is 224 g/mol. The first kappa shape index (κ1) is 13.4. The van der Waals surface area contributed by atoms with Gasteiger partial charge in [-0.3, -0.25) is 0 Å².